The molecular formula is C24H28N2O6S. The maximum Gasteiger partial charge on any atom is 0.243 e. The average Bonchev–Trinajstić information content (AvgIpc) is 3.44. The van der Waals surface area contributed by atoms with Crippen molar-refractivity contribution in [2.75, 3.05) is 40.0 Å². The van der Waals surface area contributed by atoms with Crippen molar-refractivity contribution in [1.82, 2.24) is 9.21 Å². The molecule has 2 spiro atoms. The zero-order chi connectivity index (χ0) is 23.1. The first-order valence-electron chi connectivity index (χ1n) is 11.2. The quantitative estimate of drug-likeness (QED) is 0.664. The molecule has 3 saturated heterocycles. The van der Waals surface area contributed by atoms with Gasteiger partial charge in [0.2, 0.25) is 15.9 Å². The van der Waals surface area contributed by atoms with Crippen LogP contribution in [0.15, 0.2) is 59.5 Å². The summed E-state index contributed by atoms with van der Waals surface area (Å²) in [5, 5.41) is 0. The van der Waals surface area contributed by atoms with Crippen LogP contribution in [-0.4, -0.2) is 69.3 Å². The van der Waals surface area contributed by atoms with Crippen LogP contribution in [0.3, 0.4) is 0 Å². The lowest BCUT2D eigenvalue weighted by Gasteiger charge is -2.49. The molecule has 8 nitrogen and oxygen atoms in total. The highest BCUT2D eigenvalue weighted by molar-refractivity contribution is 7.89. The summed E-state index contributed by atoms with van der Waals surface area (Å²) in [6.45, 7) is 2.04. The first kappa shape index (κ1) is 22.3. The number of benzene rings is 2. The lowest BCUT2D eigenvalue weighted by molar-refractivity contribution is -0.249. The lowest BCUT2D eigenvalue weighted by Crippen LogP contribution is -2.64. The van der Waals surface area contributed by atoms with Gasteiger partial charge in [-0.25, -0.2) is 8.42 Å². The molecule has 0 N–H and O–H groups in total. The Morgan fingerprint density at radius 3 is 2.33 bits per heavy atom. The minimum Gasteiger partial charge on any atom is -0.497 e. The number of piperidine rings is 1. The number of fused-ring (bicyclic) bond motifs is 1. The van der Waals surface area contributed by atoms with Gasteiger partial charge in [0.1, 0.15) is 11.2 Å². The van der Waals surface area contributed by atoms with E-state index >= 15 is 0 Å². The topological polar surface area (TPSA) is 85.4 Å². The van der Waals surface area contributed by atoms with Crippen molar-refractivity contribution in [2.24, 2.45) is 5.41 Å². The number of hydrogen-bond donors (Lipinski definition) is 0. The summed E-state index contributed by atoms with van der Waals surface area (Å²) < 4.78 is 45.6. The zero-order valence-electron chi connectivity index (χ0n) is 18.6. The Balaban J connectivity index is 1.44. The molecule has 1 atom stereocenters. The molecule has 1 unspecified atom stereocenters. The molecule has 1 amide bonds. The van der Waals surface area contributed by atoms with Crippen molar-refractivity contribution >= 4 is 15.9 Å². The second-order valence-corrected chi connectivity index (χ2v) is 10.7. The molecule has 33 heavy (non-hydrogen) atoms. The number of hydrogen-bond acceptors (Lipinski definition) is 6. The molecule has 9 heteroatoms. The molecule has 3 fully saturated rings. The van der Waals surface area contributed by atoms with Crippen molar-refractivity contribution in [2.45, 2.75) is 30.1 Å². The molecule has 3 aliphatic heterocycles. The maximum atomic E-state index is 13.9. The molecule has 176 valence electrons. The molecule has 0 saturated carbocycles. The number of methoxy groups -OCH3 is 1. The van der Waals surface area contributed by atoms with Gasteiger partial charge in [-0.3, -0.25) is 4.79 Å². The zero-order valence-corrected chi connectivity index (χ0v) is 19.4. The number of sulfonamides is 1. The third-order valence-corrected chi connectivity index (χ3v) is 8.90. The third kappa shape index (κ3) is 3.63. The summed E-state index contributed by atoms with van der Waals surface area (Å²) in [7, 11) is -2.13. The van der Waals surface area contributed by atoms with Crippen LogP contribution in [0.2, 0.25) is 0 Å². The fourth-order valence-corrected chi connectivity index (χ4v) is 6.79. The number of likely N-dealkylation sites (tertiary alicyclic amines) is 1. The molecule has 3 heterocycles. The standard InChI is InChI=1S/C24H28N2O6S/c1-30-20-9-7-19(8-10-20)17-25-13-11-23(22(25)27)18-26(14-12-24(23)31-15-16-32-24)33(28,29)21-5-3-2-4-6-21/h2-10H,11-18H2,1H3. The van der Waals surface area contributed by atoms with Gasteiger partial charge in [-0.05, 0) is 36.2 Å². The van der Waals surface area contributed by atoms with Gasteiger partial charge in [-0.15, -0.1) is 0 Å². The predicted molar refractivity (Wildman–Crippen MR) is 120 cm³/mol. The fraction of sp³-hybridized carbons (Fsp3) is 0.458. The second-order valence-electron chi connectivity index (χ2n) is 8.76. The van der Waals surface area contributed by atoms with Crippen LogP contribution < -0.4 is 4.74 Å². The summed E-state index contributed by atoms with van der Waals surface area (Å²) in [6.07, 6.45) is 0.796. The van der Waals surface area contributed by atoms with E-state index in [1.165, 1.54) is 4.31 Å². The van der Waals surface area contributed by atoms with Crippen molar-refractivity contribution in [3.05, 3.63) is 60.2 Å². The Morgan fingerprint density at radius 2 is 1.67 bits per heavy atom. The second kappa shape index (κ2) is 8.39. The summed E-state index contributed by atoms with van der Waals surface area (Å²) in [4.78, 5) is 15.9. The first-order chi connectivity index (χ1) is 15.9. The van der Waals surface area contributed by atoms with Crippen LogP contribution in [-0.2, 0) is 30.8 Å². The SMILES string of the molecule is COc1ccc(CN2CCC3(CN(S(=O)(=O)c4ccccc4)CCC34OCCO4)C2=O)cc1. The van der Waals surface area contributed by atoms with E-state index in [0.29, 0.717) is 39.1 Å². The summed E-state index contributed by atoms with van der Waals surface area (Å²) in [6, 6.07) is 16.0. The van der Waals surface area contributed by atoms with Gasteiger partial charge >= 0.3 is 0 Å². The summed E-state index contributed by atoms with van der Waals surface area (Å²) >= 11 is 0. The van der Waals surface area contributed by atoms with Crippen molar-refractivity contribution < 1.29 is 27.4 Å². The van der Waals surface area contributed by atoms with E-state index in [2.05, 4.69) is 0 Å². The molecule has 0 radical (unpaired) electrons. The Hall–Kier alpha value is -2.46. The highest BCUT2D eigenvalue weighted by atomic mass is 32.2. The molecule has 0 aromatic heterocycles. The Kier molecular flexibility index (Phi) is 5.68. The first-order valence-corrected chi connectivity index (χ1v) is 12.6. The molecule has 5 rings (SSSR count). The molecule has 2 aromatic rings. The van der Waals surface area contributed by atoms with E-state index in [9.17, 15) is 13.2 Å². The van der Waals surface area contributed by atoms with Crippen LogP contribution in [0.5, 0.6) is 5.75 Å². The molecule has 3 aliphatic rings. The minimum atomic E-state index is -3.74. The molecular weight excluding hydrogens is 444 g/mol. The van der Waals surface area contributed by atoms with E-state index < -0.39 is 21.2 Å². The van der Waals surface area contributed by atoms with Gasteiger partial charge < -0.3 is 19.1 Å². The predicted octanol–water partition coefficient (Wildman–Crippen LogP) is 2.25. The fourth-order valence-electron chi connectivity index (χ4n) is 5.27. The van der Waals surface area contributed by atoms with Crippen LogP contribution in [0.25, 0.3) is 0 Å². The number of carbonyl (C=O) groups excluding carboxylic acids is 1. The van der Waals surface area contributed by atoms with Gasteiger partial charge in [0, 0.05) is 32.6 Å². The van der Waals surface area contributed by atoms with Gasteiger partial charge in [0.15, 0.2) is 5.79 Å². The highest BCUT2D eigenvalue weighted by Gasteiger charge is 2.67. The van der Waals surface area contributed by atoms with Crippen molar-refractivity contribution in [1.29, 1.82) is 0 Å². The minimum absolute atomic E-state index is 0.0438. The summed E-state index contributed by atoms with van der Waals surface area (Å²) in [5.74, 6) is -0.446. The van der Waals surface area contributed by atoms with E-state index in [1.54, 1.807) is 42.3 Å². The smallest absolute Gasteiger partial charge is 0.243 e. The van der Waals surface area contributed by atoms with E-state index in [1.807, 2.05) is 24.3 Å². The van der Waals surface area contributed by atoms with Gasteiger partial charge in [0.05, 0.1) is 25.2 Å². The Labute approximate surface area is 194 Å². The Morgan fingerprint density at radius 1 is 0.970 bits per heavy atom. The lowest BCUT2D eigenvalue weighted by atomic mass is 9.73. The van der Waals surface area contributed by atoms with E-state index in [-0.39, 0.29) is 23.9 Å². The van der Waals surface area contributed by atoms with E-state index in [4.69, 9.17) is 14.2 Å². The van der Waals surface area contributed by atoms with Crippen molar-refractivity contribution in [3.63, 3.8) is 0 Å². The monoisotopic (exact) mass is 472 g/mol. The van der Waals surface area contributed by atoms with Gasteiger partial charge in [-0.1, -0.05) is 30.3 Å². The van der Waals surface area contributed by atoms with Crippen LogP contribution >= 0.6 is 0 Å². The number of ether oxygens (including phenoxy) is 3. The largest absolute Gasteiger partial charge is 0.497 e. The van der Waals surface area contributed by atoms with Gasteiger partial charge in [-0.2, -0.15) is 4.31 Å². The molecule has 0 aliphatic carbocycles. The van der Waals surface area contributed by atoms with Crippen LogP contribution in [0.1, 0.15) is 18.4 Å². The average molecular weight is 473 g/mol. The van der Waals surface area contributed by atoms with Gasteiger partial charge in [0.25, 0.3) is 0 Å². The highest BCUT2D eigenvalue weighted by Crippen LogP contribution is 2.52. The number of carbonyl (C=O) groups is 1. The molecule has 0 bridgehead atoms. The molecule has 2 aromatic carbocycles. The number of amides is 1. The number of rotatable bonds is 5. The third-order valence-electron chi connectivity index (χ3n) is 7.04. The van der Waals surface area contributed by atoms with Crippen LogP contribution in [0.4, 0.5) is 0 Å². The van der Waals surface area contributed by atoms with E-state index in [0.717, 1.165) is 11.3 Å². The van der Waals surface area contributed by atoms with Crippen molar-refractivity contribution in [3.8, 4) is 5.75 Å². The van der Waals surface area contributed by atoms with Crippen LogP contribution in [0, 0.1) is 5.41 Å². The summed E-state index contributed by atoms with van der Waals surface area (Å²) in [5.41, 5.74) is -0.0936. The maximum absolute atomic E-state index is 13.9. The number of nitrogens with zero attached hydrogens (tertiary/aromatic N) is 2. The normalized spacial score (nSPS) is 25.2. The Bertz CT molecular complexity index is 1120.